The van der Waals surface area contributed by atoms with Gasteiger partial charge in [0.1, 0.15) is 5.75 Å². The topological polar surface area (TPSA) is 9.23 Å². The van der Waals surface area contributed by atoms with Crippen LogP contribution in [-0.2, 0) is 0 Å². The van der Waals surface area contributed by atoms with Gasteiger partial charge in [-0.05, 0) is 67.1 Å². The van der Waals surface area contributed by atoms with Gasteiger partial charge >= 0.3 is 0 Å². The summed E-state index contributed by atoms with van der Waals surface area (Å²) in [5.41, 5.74) is 2.65. The summed E-state index contributed by atoms with van der Waals surface area (Å²) in [6, 6.07) is 6.67. The largest absolute Gasteiger partial charge is 0.493 e. The summed E-state index contributed by atoms with van der Waals surface area (Å²) < 4.78 is 6.16. The predicted molar refractivity (Wildman–Crippen MR) is 79.7 cm³/mol. The first-order chi connectivity index (χ1) is 9.13. The maximum absolute atomic E-state index is 6.16. The Bertz CT molecular complexity index is 449. The molecule has 2 saturated carbocycles. The van der Waals surface area contributed by atoms with Crippen molar-refractivity contribution in [1.29, 1.82) is 0 Å². The Morgan fingerprint density at radius 1 is 1.21 bits per heavy atom. The van der Waals surface area contributed by atoms with E-state index in [0.29, 0.717) is 5.92 Å². The molecule has 3 atom stereocenters. The monoisotopic (exact) mass is 258 g/mol. The van der Waals surface area contributed by atoms with Gasteiger partial charge in [0.25, 0.3) is 0 Å². The average Bonchev–Trinajstić information content (AvgIpc) is 2.99. The number of hydrogen-bond donors (Lipinski definition) is 0. The highest BCUT2D eigenvalue weighted by Gasteiger charge is 2.39. The zero-order valence-corrected chi connectivity index (χ0v) is 12.5. The zero-order valence-electron chi connectivity index (χ0n) is 12.5. The van der Waals surface area contributed by atoms with Crippen LogP contribution in [0.15, 0.2) is 18.2 Å². The molecule has 1 aromatic carbocycles. The molecule has 3 rings (SSSR count). The molecule has 1 aromatic rings. The van der Waals surface area contributed by atoms with Crippen molar-refractivity contribution >= 4 is 0 Å². The number of ether oxygens (including phenoxy) is 1. The van der Waals surface area contributed by atoms with Gasteiger partial charge < -0.3 is 4.74 Å². The molecule has 2 aliphatic rings. The standard InChI is InChI=1S/C18H26O/c1-12(2)15-6-4-13(3)18(10-15)19-11-17-9-14-5-7-16(17)8-14/h4,6,10,12,14,16-17H,5,7-9,11H2,1-3H3. The molecule has 3 unspecified atom stereocenters. The molecule has 0 saturated heterocycles. The van der Waals surface area contributed by atoms with E-state index in [4.69, 9.17) is 4.74 Å². The molecule has 0 N–H and O–H groups in total. The van der Waals surface area contributed by atoms with E-state index in [1.54, 1.807) is 0 Å². The smallest absolute Gasteiger partial charge is 0.122 e. The van der Waals surface area contributed by atoms with Gasteiger partial charge in [-0.3, -0.25) is 0 Å². The first-order valence-electron chi connectivity index (χ1n) is 7.87. The molecule has 0 radical (unpaired) electrons. The summed E-state index contributed by atoms with van der Waals surface area (Å²) in [6.45, 7) is 7.57. The summed E-state index contributed by atoms with van der Waals surface area (Å²) in [6.07, 6.45) is 5.80. The van der Waals surface area contributed by atoms with E-state index in [-0.39, 0.29) is 0 Å². The Balaban J connectivity index is 1.64. The highest BCUT2D eigenvalue weighted by molar-refractivity contribution is 5.37. The van der Waals surface area contributed by atoms with E-state index in [9.17, 15) is 0 Å². The SMILES string of the molecule is Cc1ccc(C(C)C)cc1OCC1CC2CCC1C2. The Hall–Kier alpha value is -0.980. The molecule has 0 heterocycles. The van der Waals surface area contributed by atoms with Gasteiger partial charge in [0.05, 0.1) is 6.61 Å². The third-order valence-electron chi connectivity index (χ3n) is 5.22. The summed E-state index contributed by atoms with van der Waals surface area (Å²) in [4.78, 5) is 0. The second-order valence-electron chi connectivity index (χ2n) is 6.93. The fraction of sp³-hybridized carbons (Fsp3) is 0.667. The van der Waals surface area contributed by atoms with E-state index in [1.165, 1.54) is 36.8 Å². The van der Waals surface area contributed by atoms with Gasteiger partial charge in [-0.15, -0.1) is 0 Å². The van der Waals surface area contributed by atoms with E-state index in [1.807, 2.05) is 0 Å². The van der Waals surface area contributed by atoms with E-state index in [0.717, 1.165) is 30.1 Å². The zero-order chi connectivity index (χ0) is 13.4. The normalized spacial score (nSPS) is 29.2. The Morgan fingerprint density at radius 2 is 2.05 bits per heavy atom. The van der Waals surface area contributed by atoms with Gasteiger partial charge in [-0.25, -0.2) is 0 Å². The van der Waals surface area contributed by atoms with Crippen molar-refractivity contribution in [3.8, 4) is 5.75 Å². The van der Waals surface area contributed by atoms with Crippen LogP contribution in [0.2, 0.25) is 0 Å². The molecule has 104 valence electrons. The molecule has 2 bridgehead atoms. The lowest BCUT2D eigenvalue weighted by molar-refractivity contribution is 0.194. The van der Waals surface area contributed by atoms with Crippen LogP contribution in [0.3, 0.4) is 0 Å². The fourth-order valence-corrected chi connectivity index (χ4v) is 3.91. The number of benzene rings is 1. The van der Waals surface area contributed by atoms with Crippen LogP contribution in [0.1, 0.15) is 56.6 Å². The van der Waals surface area contributed by atoms with Crippen LogP contribution in [0.4, 0.5) is 0 Å². The van der Waals surface area contributed by atoms with Crippen LogP contribution in [0.25, 0.3) is 0 Å². The first-order valence-corrected chi connectivity index (χ1v) is 7.87. The van der Waals surface area contributed by atoms with Crippen molar-refractivity contribution in [3.63, 3.8) is 0 Å². The minimum atomic E-state index is 0.574. The Morgan fingerprint density at radius 3 is 2.68 bits per heavy atom. The highest BCUT2D eigenvalue weighted by atomic mass is 16.5. The minimum absolute atomic E-state index is 0.574. The molecule has 2 fully saturated rings. The number of fused-ring (bicyclic) bond motifs is 2. The van der Waals surface area contributed by atoms with Gasteiger partial charge in [-0.2, -0.15) is 0 Å². The molecule has 0 aromatic heterocycles. The first kappa shape index (κ1) is 13.0. The molecule has 1 nitrogen and oxygen atoms in total. The van der Waals surface area contributed by atoms with Gasteiger partial charge in [0.15, 0.2) is 0 Å². The van der Waals surface area contributed by atoms with Crippen molar-refractivity contribution in [1.82, 2.24) is 0 Å². The third-order valence-corrected chi connectivity index (χ3v) is 5.22. The van der Waals surface area contributed by atoms with Gasteiger partial charge in [0, 0.05) is 0 Å². The number of hydrogen-bond acceptors (Lipinski definition) is 1. The number of rotatable bonds is 4. The van der Waals surface area contributed by atoms with Crippen LogP contribution in [0, 0.1) is 24.7 Å². The molecule has 1 heteroatoms. The molecule has 2 aliphatic carbocycles. The van der Waals surface area contributed by atoms with E-state index < -0.39 is 0 Å². The lowest BCUT2D eigenvalue weighted by Crippen LogP contribution is -2.18. The predicted octanol–water partition coefficient (Wildman–Crippen LogP) is 4.93. The lowest BCUT2D eigenvalue weighted by atomic mass is 9.89. The number of aryl methyl sites for hydroxylation is 1. The molecular weight excluding hydrogens is 232 g/mol. The minimum Gasteiger partial charge on any atom is -0.493 e. The maximum atomic E-state index is 6.16. The molecule has 0 aliphatic heterocycles. The maximum Gasteiger partial charge on any atom is 0.122 e. The summed E-state index contributed by atoms with van der Waals surface area (Å²) in [5, 5.41) is 0. The highest BCUT2D eigenvalue weighted by Crippen LogP contribution is 2.48. The van der Waals surface area contributed by atoms with Crippen molar-refractivity contribution in [2.75, 3.05) is 6.61 Å². The lowest BCUT2D eigenvalue weighted by Gasteiger charge is -2.22. The average molecular weight is 258 g/mol. The Kier molecular flexibility index (Phi) is 3.56. The van der Waals surface area contributed by atoms with E-state index in [2.05, 4.69) is 39.0 Å². The van der Waals surface area contributed by atoms with Crippen LogP contribution in [0.5, 0.6) is 5.75 Å². The molecule has 0 spiro atoms. The van der Waals surface area contributed by atoms with Crippen molar-refractivity contribution < 1.29 is 4.74 Å². The Labute approximate surface area is 117 Å². The summed E-state index contributed by atoms with van der Waals surface area (Å²) in [5.74, 6) is 4.47. The van der Waals surface area contributed by atoms with E-state index >= 15 is 0 Å². The van der Waals surface area contributed by atoms with Crippen LogP contribution >= 0.6 is 0 Å². The van der Waals surface area contributed by atoms with Crippen LogP contribution in [-0.4, -0.2) is 6.61 Å². The van der Waals surface area contributed by atoms with Crippen LogP contribution < -0.4 is 4.74 Å². The van der Waals surface area contributed by atoms with Crippen molar-refractivity contribution in [3.05, 3.63) is 29.3 Å². The second-order valence-corrected chi connectivity index (χ2v) is 6.93. The quantitative estimate of drug-likeness (QED) is 0.743. The third kappa shape index (κ3) is 2.66. The van der Waals surface area contributed by atoms with Gasteiger partial charge in [0.2, 0.25) is 0 Å². The summed E-state index contributed by atoms with van der Waals surface area (Å²) in [7, 11) is 0. The van der Waals surface area contributed by atoms with Crippen molar-refractivity contribution in [2.45, 2.75) is 52.4 Å². The molecule has 0 amide bonds. The van der Waals surface area contributed by atoms with Gasteiger partial charge in [-0.1, -0.05) is 32.4 Å². The second kappa shape index (κ2) is 5.19. The molecular formula is C18H26O. The molecule has 19 heavy (non-hydrogen) atoms. The fourth-order valence-electron chi connectivity index (χ4n) is 3.91. The summed E-state index contributed by atoms with van der Waals surface area (Å²) >= 11 is 0. The van der Waals surface area contributed by atoms with Crippen molar-refractivity contribution in [2.24, 2.45) is 17.8 Å².